The first-order valence-corrected chi connectivity index (χ1v) is 6.98. The second-order valence-electron chi connectivity index (χ2n) is 4.11. The second kappa shape index (κ2) is 5.04. The molecule has 0 radical (unpaired) electrons. The van der Waals surface area contributed by atoms with Crippen LogP contribution in [0.4, 0.5) is 20.3 Å². The molecule has 1 heterocycles. The standard InChI is InChI=1S/C12H11F2N3O2S/c1-7-4-12(16-6-11(7)15)17-20(18,19)8-2-3-9(13)10(14)5-8/h2-6H,15H2,1H3,(H,16,17). The van der Waals surface area contributed by atoms with Gasteiger partial charge in [-0.2, -0.15) is 0 Å². The van der Waals surface area contributed by atoms with Crippen molar-refractivity contribution < 1.29 is 17.2 Å². The number of aryl methyl sites for hydroxylation is 1. The molecule has 1 aromatic heterocycles. The highest BCUT2D eigenvalue weighted by atomic mass is 32.2. The van der Waals surface area contributed by atoms with Crippen LogP contribution in [0.25, 0.3) is 0 Å². The minimum atomic E-state index is -4.04. The molecule has 2 aromatic rings. The summed E-state index contributed by atoms with van der Waals surface area (Å²) in [6.07, 6.45) is 1.30. The van der Waals surface area contributed by atoms with E-state index in [0.717, 1.165) is 12.1 Å². The fourth-order valence-electron chi connectivity index (χ4n) is 1.46. The van der Waals surface area contributed by atoms with Gasteiger partial charge in [0, 0.05) is 0 Å². The van der Waals surface area contributed by atoms with Crippen LogP contribution in [0.2, 0.25) is 0 Å². The van der Waals surface area contributed by atoms with E-state index in [4.69, 9.17) is 5.73 Å². The Morgan fingerprint density at radius 2 is 1.90 bits per heavy atom. The Kier molecular flexibility index (Phi) is 3.58. The van der Waals surface area contributed by atoms with E-state index in [1.165, 1.54) is 12.3 Å². The third-order valence-corrected chi connectivity index (χ3v) is 3.94. The molecule has 2 rings (SSSR count). The Balaban J connectivity index is 2.35. The van der Waals surface area contributed by atoms with E-state index in [9.17, 15) is 17.2 Å². The molecule has 0 bridgehead atoms. The number of nitrogen functional groups attached to an aromatic ring is 1. The quantitative estimate of drug-likeness (QED) is 0.908. The highest BCUT2D eigenvalue weighted by Gasteiger charge is 2.17. The number of anilines is 2. The minimum Gasteiger partial charge on any atom is -0.397 e. The summed E-state index contributed by atoms with van der Waals surface area (Å²) in [5.41, 5.74) is 6.63. The van der Waals surface area contributed by atoms with Crippen molar-refractivity contribution in [2.24, 2.45) is 0 Å². The first-order valence-electron chi connectivity index (χ1n) is 5.49. The van der Waals surface area contributed by atoms with Crippen molar-refractivity contribution in [2.45, 2.75) is 11.8 Å². The van der Waals surface area contributed by atoms with Crippen LogP contribution in [-0.4, -0.2) is 13.4 Å². The van der Waals surface area contributed by atoms with Gasteiger partial charge in [0.2, 0.25) is 0 Å². The molecule has 1 aromatic carbocycles. The molecule has 8 heteroatoms. The Morgan fingerprint density at radius 1 is 1.20 bits per heavy atom. The summed E-state index contributed by atoms with van der Waals surface area (Å²) in [7, 11) is -4.04. The van der Waals surface area contributed by atoms with E-state index in [0.29, 0.717) is 17.3 Å². The first-order chi connectivity index (χ1) is 9.29. The molecule has 0 aliphatic heterocycles. The van der Waals surface area contributed by atoms with Crippen LogP contribution in [0.5, 0.6) is 0 Å². The zero-order chi connectivity index (χ0) is 14.9. The number of nitrogens with one attached hydrogen (secondary N) is 1. The minimum absolute atomic E-state index is 0.0430. The maximum absolute atomic E-state index is 13.1. The summed E-state index contributed by atoms with van der Waals surface area (Å²) in [5, 5.41) is 0. The zero-order valence-corrected chi connectivity index (χ0v) is 11.2. The summed E-state index contributed by atoms with van der Waals surface area (Å²) in [4.78, 5) is 3.41. The number of aromatic nitrogens is 1. The topological polar surface area (TPSA) is 85.1 Å². The number of nitrogens with zero attached hydrogens (tertiary/aromatic N) is 1. The lowest BCUT2D eigenvalue weighted by molar-refractivity contribution is 0.504. The van der Waals surface area contributed by atoms with Gasteiger partial charge in [0.15, 0.2) is 11.6 Å². The average molecular weight is 299 g/mol. The molecule has 0 fully saturated rings. The van der Waals surface area contributed by atoms with Crippen LogP contribution in [0.15, 0.2) is 35.4 Å². The zero-order valence-electron chi connectivity index (χ0n) is 10.4. The van der Waals surface area contributed by atoms with Gasteiger partial charge in [0.25, 0.3) is 10.0 Å². The molecule has 0 unspecified atom stereocenters. The van der Waals surface area contributed by atoms with Crippen LogP contribution < -0.4 is 10.5 Å². The van der Waals surface area contributed by atoms with E-state index in [1.54, 1.807) is 6.92 Å². The highest BCUT2D eigenvalue weighted by molar-refractivity contribution is 7.92. The van der Waals surface area contributed by atoms with Gasteiger partial charge in [-0.15, -0.1) is 0 Å². The normalized spacial score (nSPS) is 11.3. The van der Waals surface area contributed by atoms with Crippen LogP contribution in [-0.2, 0) is 10.0 Å². The predicted molar refractivity (Wildman–Crippen MR) is 70.6 cm³/mol. The van der Waals surface area contributed by atoms with Crippen molar-refractivity contribution in [3.8, 4) is 0 Å². The number of hydrogen-bond acceptors (Lipinski definition) is 4. The van der Waals surface area contributed by atoms with Gasteiger partial charge in [-0.1, -0.05) is 0 Å². The number of halogens is 2. The summed E-state index contributed by atoms with van der Waals surface area (Å²) in [6.45, 7) is 1.69. The van der Waals surface area contributed by atoms with Crippen molar-refractivity contribution in [3.05, 3.63) is 47.7 Å². The SMILES string of the molecule is Cc1cc(NS(=O)(=O)c2ccc(F)c(F)c2)ncc1N. The molecule has 0 amide bonds. The molecule has 0 atom stereocenters. The number of pyridine rings is 1. The monoisotopic (exact) mass is 299 g/mol. The van der Waals surface area contributed by atoms with Crippen molar-refractivity contribution >= 4 is 21.5 Å². The summed E-state index contributed by atoms with van der Waals surface area (Å²) < 4.78 is 52.0. The molecule has 3 N–H and O–H groups in total. The van der Waals surface area contributed by atoms with Crippen molar-refractivity contribution in [3.63, 3.8) is 0 Å². The van der Waals surface area contributed by atoms with Gasteiger partial charge in [-0.05, 0) is 36.8 Å². The van der Waals surface area contributed by atoms with Crippen molar-refractivity contribution in [1.29, 1.82) is 0 Å². The van der Waals surface area contributed by atoms with E-state index in [2.05, 4.69) is 9.71 Å². The Bertz CT molecular complexity index is 763. The lowest BCUT2D eigenvalue weighted by atomic mass is 10.2. The molecular weight excluding hydrogens is 288 g/mol. The number of rotatable bonds is 3. The predicted octanol–water partition coefficient (Wildman–Crippen LogP) is 2.05. The van der Waals surface area contributed by atoms with Crippen molar-refractivity contribution in [2.75, 3.05) is 10.5 Å². The largest absolute Gasteiger partial charge is 0.397 e. The van der Waals surface area contributed by atoms with Gasteiger partial charge >= 0.3 is 0 Å². The fourth-order valence-corrected chi connectivity index (χ4v) is 2.47. The smallest absolute Gasteiger partial charge is 0.263 e. The molecule has 106 valence electrons. The molecular formula is C12H11F2N3O2S. The van der Waals surface area contributed by atoms with Gasteiger partial charge in [-0.3, -0.25) is 4.72 Å². The number of nitrogens with two attached hydrogens (primary N) is 1. The third kappa shape index (κ3) is 2.85. The van der Waals surface area contributed by atoms with Crippen LogP contribution in [0.3, 0.4) is 0 Å². The van der Waals surface area contributed by atoms with Gasteiger partial charge in [-0.25, -0.2) is 22.2 Å². The molecule has 0 aliphatic carbocycles. The van der Waals surface area contributed by atoms with Gasteiger partial charge in [0.05, 0.1) is 16.8 Å². The molecule has 0 aliphatic rings. The molecule has 20 heavy (non-hydrogen) atoms. The summed E-state index contributed by atoms with van der Waals surface area (Å²) in [5.74, 6) is -2.32. The number of sulfonamides is 1. The van der Waals surface area contributed by atoms with Crippen LogP contribution in [0.1, 0.15) is 5.56 Å². The first kappa shape index (κ1) is 14.2. The van der Waals surface area contributed by atoms with E-state index < -0.39 is 26.6 Å². The number of hydrogen-bond donors (Lipinski definition) is 2. The number of benzene rings is 1. The summed E-state index contributed by atoms with van der Waals surface area (Å²) in [6, 6.07) is 3.74. The maximum Gasteiger partial charge on any atom is 0.263 e. The average Bonchev–Trinajstić information content (AvgIpc) is 2.37. The third-order valence-electron chi connectivity index (χ3n) is 2.59. The molecule has 0 saturated heterocycles. The van der Waals surface area contributed by atoms with Gasteiger partial charge in [0.1, 0.15) is 5.82 Å². The summed E-state index contributed by atoms with van der Waals surface area (Å²) >= 11 is 0. The van der Waals surface area contributed by atoms with E-state index >= 15 is 0 Å². The van der Waals surface area contributed by atoms with Gasteiger partial charge < -0.3 is 5.73 Å². The van der Waals surface area contributed by atoms with E-state index in [1.807, 2.05) is 0 Å². The maximum atomic E-state index is 13.1. The molecule has 5 nitrogen and oxygen atoms in total. The lowest BCUT2D eigenvalue weighted by Crippen LogP contribution is -2.14. The van der Waals surface area contributed by atoms with Crippen LogP contribution >= 0.6 is 0 Å². The Hall–Kier alpha value is -2.22. The van der Waals surface area contributed by atoms with E-state index in [-0.39, 0.29) is 5.82 Å². The molecule has 0 spiro atoms. The molecule has 0 saturated carbocycles. The Labute approximate surface area is 114 Å². The second-order valence-corrected chi connectivity index (χ2v) is 5.79. The highest BCUT2D eigenvalue weighted by Crippen LogP contribution is 2.19. The van der Waals surface area contributed by atoms with Crippen LogP contribution in [0, 0.1) is 18.6 Å². The van der Waals surface area contributed by atoms with Crippen molar-refractivity contribution in [1.82, 2.24) is 4.98 Å². The fraction of sp³-hybridized carbons (Fsp3) is 0.0833. The Morgan fingerprint density at radius 3 is 2.50 bits per heavy atom. The lowest BCUT2D eigenvalue weighted by Gasteiger charge is -2.09.